The van der Waals surface area contributed by atoms with Crippen LogP contribution in [0.5, 0.6) is 0 Å². The van der Waals surface area contributed by atoms with Gasteiger partial charge in [-0.3, -0.25) is 5.84 Å². The second-order valence-corrected chi connectivity index (χ2v) is 12.8. The van der Waals surface area contributed by atoms with Gasteiger partial charge in [0.1, 0.15) is 0 Å². The van der Waals surface area contributed by atoms with Gasteiger partial charge in [-0.15, -0.1) is 0 Å². The van der Waals surface area contributed by atoms with Crippen molar-refractivity contribution in [2.75, 3.05) is 0 Å². The van der Waals surface area contributed by atoms with Crippen LogP contribution >= 0.6 is 0 Å². The number of nitrogens with zero attached hydrogens (tertiary/aromatic N) is 2. The molecule has 2 N–H and O–H groups in total. The molecular weight excluding hydrogens is 583 g/mol. The molecule has 0 aliphatic heterocycles. The van der Waals surface area contributed by atoms with Crippen molar-refractivity contribution in [2.45, 2.75) is 18.6 Å². The van der Waals surface area contributed by atoms with Crippen molar-refractivity contribution in [3.05, 3.63) is 204 Å². The van der Waals surface area contributed by atoms with Gasteiger partial charge in [-0.2, -0.15) is 0 Å². The number of rotatable bonds is 7. The van der Waals surface area contributed by atoms with Crippen LogP contribution in [0.25, 0.3) is 44.1 Å². The molecule has 0 radical (unpaired) electrons. The Labute approximate surface area is 281 Å². The van der Waals surface area contributed by atoms with E-state index in [1.165, 1.54) is 71.9 Å². The van der Waals surface area contributed by atoms with Crippen molar-refractivity contribution in [3.63, 3.8) is 0 Å². The van der Waals surface area contributed by atoms with Crippen LogP contribution in [0.2, 0.25) is 0 Å². The normalized spacial score (nSPS) is 13.2. The van der Waals surface area contributed by atoms with E-state index in [-0.39, 0.29) is 0 Å². The van der Waals surface area contributed by atoms with E-state index in [9.17, 15) is 0 Å². The number of benzene rings is 7. The molecule has 8 aromatic rings. The van der Waals surface area contributed by atoms with Crippen LogP contribution in [0.1, 0.15) is 27.8 Å². The van der Waals surface area contributed by atoms with Gasteiger partial charge in [-0.1, -0.05) is 158 Å². The lowest BCUT2D eigenvalue weighted by atomic mass is 9.67. The summed E-state index contributed by atoms with van der Waals surface area (Å²) in [6, 6.07) is 63.9. The lowest BCUT2D eigenvalue weighted by Crippen LogP contribution is -2.32. The molecule has 1 aromatic heterocycles. The van der Waals surface area contributed by atoms with Gasteiger partial charge >= 0.3 is 0 Å². The highest BCUT2D eigenvalue weighted by Crippen LogP contribution is 2.57. The third-order valence-electron chi connectivity index (χ3n) is 10.1. The van der Waals surface area contributed by atoms with Gasteiger partial charge in [0.2, 0.25) is 0 Å². The summed E-state index contributed by atoms with van der Waals surface area (Å²) >= 11 is 0. The molecule has 0 saturated heterocycles. The van der Waals surface area contributed by atoms with E-state index in [1.54, 1.807) is 0 Å². The lowest BCUT2D eigenvalue weighted by molar-refractivity contribution is 0.222. The Balaban J connectivity index is 1.33. The molecule has 230 valence electrons. The van der Waals surface area contributed by atoms with Gasteiger partial charge < -0.3 is 4.57 Å². The van der Waals surface area contributed by atoms with E-state index in [0.29, 0.717) is 13.2 Å². The van der Waals surface area contributed by atoms with Crippen LogP contribution < -0.4 is 5.84 Å². The van der Waals surface area contributed by atoms with Crippen molar-refractivity contribution in [1.82, 2.24) is 9.58 Å². The molecule has 1 aliphatic rings. The Morgan fingerprint density at radius 1 is 0.479 bits per heavy atom. The fourth-order valence-corrected chi connectivity index (χ4v) is 8.04. The zero-order valence-corrected chi connectivity index (χ0v) is 26.6. The number of hydrogen-bond acceptors (Lipinski definition) is 2. The molecule has 0 spiro atoms. The van der Waals surface area contributed by atoms with E-state index in [1.807, 2.05) is 11.1 Å². The van der Waals surface area contributed by atoms with Gasteiger partial charge in [0.15, 0.2) is 0 Å². The Morgan fingerprint density at radius 3 is 1.75 bits per heavy atom. The fourth-order valence-electron chi connectivity index (χ4n) is 8.04. The zero-order chi connectivity index (χ0) is 32.1. The molecule has 0 unspecified atom stereocenters. The molecule has 48 heavy (non-hydrogen) atoms. The van der Waals surface area contributed by atoms with E-state index in [0.717, 1.165) is 0 Å². The Bertz CT molecular complexity index is 2360. The molecule has 3 nitrogen and oxygen atoms in total. The van der Waals surface area contributed by atoms with Crippen LogP contribution in [0.4, 0.5) is 0 Å². The molecule has 1 aliphatic carbocycles. The third kappa shape index (κ3) is 4.44. The average Bonchev–Trinajstić information content (AvgIpc) is 3.61. The Morgan fingerprint density at radius 2 is 1.06 bits per heavy atom. The van der Waals surface area contributed by atoms with E-state index in [2.05, 4.69) is 174 Å². The van der Waals surface area contributed by atoms with Crippen molar-refractivity contribution < 1.29 is 0 Å². The van der Waals surface area contributed by atoms with Gasteiger partial charge in [0.25, 0.3) is 0 Å². The van der Waals surface area contributed by atoms with Crippen molar-refractivity contribution in [2.24, 2.45) is 5.84 Å². The minimum atomic E-state index is -0.450. The first kappa shape index (κ1) is 28.5. The van der Waals surface area contributed by atoms with E-state index in [4.69, 9.17) is 5.84 Å². The highest BCUT2D eigenvalue weighted by atomic mass is 15.4. The summed E-state index contributed by atoms with van der Waals surface area (Å²) < 4.78 is 2.41. The molecular formula is C45H35N3. The standard InChI is InChI=1S/C45H35N3/c46-47(30-32-15-5-1-6-16-32)31-48-43-27-34(33-17-7-2-8-18-33)25-26-38(43)40-28-42-39(29-44(40)48)37-23-13-14-24-41(37)45(42,35-19-9-3-10-20-35)36-21-11-4-12-22-36/h1-29H,30-31,46H2. The third-order valence-corrected chi connectivity index (χ3v) is 10.1. The number of hydrazine groups is 1. The summed E-state index contributed by atoms with van der Waals surface area (Å²) in [6.07, 6.45) is 0. The van der Waals surface area contributed by atoms with Crippen LogP contribution in [0.15, 0.2) is 176 Å². The van der Waals surface area contributed by atoms with Crippen LogP contribution in [0, 0.1) is 0 Å². The molecule has 7 aromatic carbocycles. The van der Waals surface area contributed by atoms with E-state index >= 15 is 0 Å². The maximum absolute atomic E-state index is 6.83. The number of hydrogen-bond donors (Lipinski definition) is 1. The molecule has 9 rings (SSSR count). The summed E-state index contributed by atoms with van der Waals surface area (Å²) in [4.78, 5) is 0. The largest absolute Gasteiger partial charge is 0.326 e. The monoisotopic (exact) mass is 617 g/mol. The Hall–Kier alpha value is -5.74. The zero-order valence-electron chi connectivity index (χ0n) is 26.6. The molecule has 0 saturated carbocycles. The molecule has 0 amide bonds. The average molecular weight is 618 g/mol. The highest BCUT2D eigenvalue weighted by Gasteiger charge is 2.46. The topological polar surface area (TPSA) is 34.2 Å². The summed E-state index contributed by atoms with van der Waals surface area (Å²) in [6.45, 7) is 1.20. The second kappa shape index (κ2) is 11.5. The van der Waals surface area contributed by atoms with Crippen LogP contribution in [0.3, 0.4) is 0 Å². The Kier molecular flexibility index (Phi) is 6.82. The maximum Gasteiger partial charge on any atom is 0.0889 e. The van der Waals surface area contributed by atoms with E-state index < -0.39 is 5.41 Å². The first-order valence-corrected chi connectivity index (χ1v) is 16.6. The van der Waals surface area contributed by atoms with Crippen molar-refractivity contribution >= 4 is 21.8 Å². The summed E-state index contributed by atoms with van der Waals surface area (Å²) in [5.74, 6) is 6.83. The highest BCUT2D eigenvalue weighted by molar-refractivity contribution is 6.11. The number of fused-ring (bicyclic) bond motifs is 6. The second-order valence-electron chi connectivity index (χ2n) is 12.8. The quantitative estimate of drug-likeness (QED) is 0.143. The smallest absolute Gasteiger partial charge is 0.0889 e. The molecule has 1 heterocycles. The predicted molar refractivity (Wildman–Crippen MR) is 198 cm³/mol. The lowest BCUT2D eigenvalue weighted by Gasteiger charge is -2.34. The van der Waals surface area contributed by atoms with Crippen LogP contribution in [-0.4, -0.2) is 9.58 Å². The molecule has 0 atom stereocenters. The fraction of sp³-hybridized carbons (Fsp3) is 0.0667. The molecule has 0 bridgehead atoms. The summed E-state index contributed by atoms with van der Waals surface area (Å²) in [5, 5.41) is 4.38. The minimum Gasteiger partial charge on any atom is -0.326 e. The summed E-state index contributed by atoms with van der Waals surface area (Å²) in [7, 11) is 0. The maximum atomic E-state index is 6.83. The van der Waals surface area contributed by atoms with Gasteiger partial charge in [0, 0.05) is 17.3 Å². The minimum absolute atomic E-state index is 0.450. The van der Waals surface area contributed by atoms with Gasteiger partial charge in [0.05, 0.1) is 23.1 Å². The van der Waals surface area contributed by atoms with Crippen molar-refractivity contribution in [1.29, 1.82) is 0 Å². The first-order valence-electron chi connectivity index (χ1n) is 16.6. The van der Waals surface area contributed by atoms with Gasteiger partial charge in [-0.05, 0) is 68.3 Å². The van der Waals surface area contributed by atoms with Crippen LogP contribution in [-0.2, 0) is 18.6 Å². The van der Waals surface area contributed by atoms with Crippen molar-refractivity contribution in [3.8, 4) is 22.3 Å². The first-order chi connectivity index (χ1) is 23.7. The number of nitrogens with two attached hydrogens (primary N) is 1. The molecule has 3 heteroatoms. The molecule has 0 fully saturated rings. The predicted octanol–water partition coefficient (Wildman–Crippen LogP) is 10.2. The number of aromatic nitrogens is 1. The van der Waals surface area contributed by atoms with Gasteiger partial charge in [-0.25, -0.2) is 5.01 Å². The summed E-state index contributed by atoms with van der Waals surface area (Å²) in [5.41, 5.74) is 13.2. The SMILES string of the molecule is NN(Cc1ccccc1)Cn1c2cc(-c3ccccc3)ccc2c2cc3c(cc21)-c1ccccc1C3(c1ccccc1)c1ccccc1.